The topological polar surface area (TPSA) is 69.6 Å². The molecule has 0 unspecified atom stereocenters. The van der Waals surface area contributed by atoms with E-state index in [2.05, 4.69) is 5.32 Å². The molecule has 1 fully saturated rings. The van der Waals surface area contributed by atoms with Gasteiger partial charge in [0.05, 0.1) is 5.37 Å². The highest BCUT2D eigenvalue weighted by Gasteiger charge is 2.31. The molecule has 4 nitrogen and oxygen atoms in total. The first-order valence-electron chi connectivity index (χ1n) is 4.57. The minimum atomic E-state index is -0.847. The standard InChI is InChI=1S/C10H11NO3S/c12-8-4-2-1-3-6(8)9-11-7(5-15-9)10(13)14/h1-4,7,9,11-12H,5H2,(H,13,14)/t7-,9-/m1/s1. The van der Waals surface area contributed by atoms with Crippen LogP contribution in [0.2, 0.25) is 0 Å². The van der Waals surface area contributed by atoms with E-state index >= 15 is 0 Å². The van der Waals surface area contributed by atoms with Gasteiger partial charge in [-0.05, 0) is 6.07 Å². The number of carboxylic acid groups (broad SMARTS) is 1. The first-order valence-corrected chi connectivity index (χ1v) is 5.61. The van der Waals surface area contributed by atoms with Crippen molar-refractivity contribution in [3.63, 3.8) is 0 Å². The summed E-state index contributed by atoms with van der Waals surface area (Å²) >= 11 is 1.49. The molecule has 5 heteroatoms. The van der Waals surface area contributed by atoms with E-state index in [1.807, 2.05) is 6.07 Å². The monoisotopic (exact) mass is 225 g/mol. The summed E-state index contributed by atoms with van der Waals surface area (Å²) in [6, 6.07) is 6.44. The molecule has 0 aromatic heterocycles. The van der Waals surface area contributed by atoms with Crippen molar-refractivity contribution in [1.82, 2.24) is 5.32 Å². The van der Waals surface area contributed by atoms with Gasteiger partial charge < -0.3 is 10.2 Å². The Bertz CT molecular complexity index is 383. The van der Waals surface area contributed by atoms with Gasteiger partial charge in [0.15, 0.2) is 0 Å². The van der Waals surface area contributed by atoms with Gasteiger partial charge in [-0.15, -0.1) is 11.8 Å². The second-order valence-corrected chi connectivity index (χ2v) is 4.47. The Morgan fingerprint density at radius 1 is 1.47 bits per heavy atom. The number of rotatable bonds is 2. The number of thioether (sulfide) groups is 1. The van der Waals surface area contributed by atoms with E-state index in [9.17, 15) is 9.90 Å². The number of aliphatic carboxylic acids is 1. The molecule has 0 bridgehead atoms. The zero-order chi connectivity index (χ0) is 10.8. The van der Waals surface area contributed by atoms with Crippen LogP contribution in [0.3, 0.4) is 0 Å². The molecule has 1 aliphatic heterocycles. The zero-order valence-electron chi connectivity index (χ0n) is 7.88. The number of hydrogen-bond donors (Lipinski definition) is 3. The average molecular weight is 225 g/mol. The summed E-state index contributed by atoms with van der Waals surface area (Å²) in [5.41, 5.74) is 0.742. The Kier molecular flexibility index (Phi) is 2.83. The van der Waals surface area contributed by atoms with Gasteiger partial charge in [0.1, 0.15) is 11.8 Å². The molecule has 1 heterocycles. The molecule has 2 atom stereocenters. The van der Waals surface area contributed by atoms with Crippen LogP contribution in [0, 0.1) is 0 Å². The molecular formula is C10H11NO3S. The van der Waals surface area contributed by atoms with Gasteiger partial charge in [0.2, 0.25) is 0 Å². The predicted molar refractivity (Wildman–Crippen MR) is 57.9 cm³/mol. The summed E-state index contributed by atoms with van der Waals surface area (Å²) < 4.78 is 0. The fourth-order valence-corrected chi connectivity index (χ4v) is 2.77. The van der Waals surface area contributed by atoms with Crippen LogP contribution < -0.4 is 5.32 Å². The minimum Gasteiger partial charge on any atom is -0.508 e. The quantitative estimate of drug-likeness (QED) is 0.705. The Morgan fingerprint density at radius 3 is 2.80 bits per heavy atom. The Hall–Kier alpha value is -1.20. The number of hydrogen-bond acceptors (Lipinski definition) is 4. The number of nitrogens with one attached hydrogen (secondary N) is 1. The van der Waals surface area contributed by atoms with Crippen molar-refractivity contribution in [2.24, 2.45) is 0 Å². The average Bonchev–Trinajstić information content (AvgIpc) is 2.67. The van der Waals surface area contributed by atoms with E-state index in [-0.39, 0.29) is 11.1 Å². The van der Waals surface area contributed by atoms with E-state index in [4.69, 9.17) is 5.11 Å². The molecule has 1 aromatic carbocycles. The number of para-hydroxylation sites is 1. The van der Waals surface area contributed by atoms with Crippen LogP contribution in [-0.4, -0.2) is 28.0 Å². The molecule has 3 N–H and O–H groups in total. The van der Waals surface area contributed by atoms with Crippen molar-refractivity contribution in [2.75, 3.05) is 5.75 Å². The van der Waals surface area contributed by atoms with Gasteiger partial charge in [-0.2, -0.15) is 0 Å². The highest BCUT2D eigenvalue weighted by molar-refractivity contribution is 7.99. The zero-order valence-corrected chi connectivity index (χ0v) is 8.70. The fraction of sp³-hybridized carbons (Fsp3) is 0.300. The molecule has 0 aliphatic carbocycles. The maximum absolute atomic E-state index is 10.7. The third-order valence-electron chi connectivity index (χ3n) is 2.30. The summed E-state index contributed by atoms with van der Waals surface area (Å²) in [6.07, 6.45) is 0. The maximum atomic E-state index is 10.7. The van der Waals surface area contributed by atoms with Crippen LogP contribution in [0.4, 0.5) is 0 Å². The van der Waals surface area contributed by atoms with Gasteiger partial charge in [0.25, 0.3) is 0 Å². The number of benzene rings is 1. The molecule has 0 amide bonds. The second-order valence-electron chi connectivity index (χ2n) is 3.33. The number of carbonyl (C=O) groups is 1. The third kappa shape index (κ3) is 2.08. The summed E-state index contributed by atoms with van der Waals surface area (Å²) in [5.74, 6) is -0.122. The summed E-state index contributed by atoms with van der Waals surface area (Å²) in [4.78, 5) is 10.7. The lowest BCUT2D eigenvalue weighted by molar-refractivity contribution is -0.138. The lowest BCUT2D eigenvalue weighted by Gasteiger charge is -2.12. The number of aromatic hydroxyl groups is 1. The summed E-state index contributed by atoms with van der Waals surface area (Å²) in [6.45, 7) is 0. The van der Waals surface area contributed by atoms with Crippen LogP contribution in [0.15, 0.2) is 24.3 Å². The lowest BCUT2D eigenvalue weighted by atomic mass is 10.2. The number of carboxylic acids is 1. The molecule has 0 saturated carbocycles. The second kappa shape index (κ2) is 4.12. The molecule has 80 valence electrons. The first kappa shape index (κ1) is 10.3. The van der Waals surface area contributed by atoms with Gasteiger partial charge in [-0.1, -0.05) is 18.2 Å². The molecule has 15 heavy (non-hydrogen) atoms. The highest BCUT2D eigenvalue weighted by atomic mass is 32.2. The smallest absolute Gasteiger partial charge is 0.321 e. The Balaban J connectivity index is 2.14. The molecule has 1 saturated heterocycles. The van der Waals surface area contributed by atoms with Gasteiger partial charge in [-0.3, -0.25) is 10.1 Å². The predicted octanol–water partition coefficient (Wildman–Crippen LogP) is 1.18. The molecule has 1 aliphatic rings. The van der Waals surface area contributed by atoms with Crippen molar-refractivity contribution in [3.8, 4) is 5.75 Å². The Morgan fingerprint density at radius 2 is 2.20 bits per heavy atom. The Labute approximate surface area is 91.3 Å². The van der Waals surface area contributed by atoms with E-state index in [1.54, 1.807) is 18.2 Å². The fourth-order valence-electron chi connectivity index (χ4n) is 1.50. The third-order valence-corrected chi connectivity index (χ3v) is 3.55. The maximum Gasteiger partial charge on any atom is 0.321 e. The van der Waals surface area contributed by atoms with E-state index in [0.29, 0.717) is 5.75 Å². The summed E-state index contributed by atoms with van der Waals surface area (Å²) in [5, 5.41) is 21.2. The van der Waals surface area contributed by atoms with Crippen molar-refractivity contribution >= 4 is 17.7 Å². The molecule has 2 rings (SSSR count). The van der Waals surface area contributed by atoms with Crippen LogP contribution in [0.5, 0.6) is 5.75 Å². The van der Waals surface area contributed by atoms with E-state index in [1.165, 1.54) is 11.8 Å². The first-order chi connectivity index (χ1) is 7.18. The molecule has 0 radical (unpaired) electrons. The minimum absolute atomic E-state index is 0.132. The normalized spacial score (nSPS) is 25.3. The van der Waals surface area contributed by atoms with Crippen LogP contribution in [0.25, 0.3) is 0 Å². The van der Waals surface area contributed by atoms with Gasteiger partial charge in [-0.25, -0.2) is 0 Å². The summed E-state index contributed by atoms with van der Waals surface area (Å²) in [7, 11) is 0. The van der Waals surface area contributed by atoms with Crippen molar-refractivity contribution in [1.29, 1.82) is 0 Å². The van der Waals surface area contributed by atoms with Crippen LogP contribution in [0.1, 0.15) is 10.9 Å². The van der Waals surface area contributed by atoms with Crippen LogP contribution >= 0.6 is 11.8 Å². The number of phenols is 1. The van der Waals surface area contributed by atoms with E-state index in [0.717, 1.165) is 5.56 Å². The van der Waals surface area contributed by atoms with Gasteiger partial charge in [0, 0.05) is 11.3 Å². The van der Waals surface area contributed by atoms with E-state index < -0.39 is 12.0 Å². The molecule has 1 aromatic rings. The van der Waals surface area contributed by atoms with Crippen molar-refractivity contribution < 1.29 is 15.0 Å². The van der Waals surface area contributed by atoms with Crippen molar-refractivity contribution in [3.05, 3.63) is 29.8 Å². The molecule has 0 spiro atoms. The van der Waals surface area contributed by atoms with Crippen LogP contribution in [-0.2, 0) is 4.79 Å². The lowest BCUT2D eigenvalue weighted by Crippen LogP contribution is -2.33. The number of phenolic OH excluding ortho intramolecular Hbond substituents is 1. The van der Waals surface area contributed by atoms with Gasteiger partial charge >= 0.3 is 5.97 Å². The van der Waals surface area contributed by atoms with Crippen molar-refractivity contribution in [2.45, 2.75) is 11.4 Å². The SMILES string of the molecule is O=C(O)[C@H]1CS[C@H](c2ccccc2O)N1. The largest absolute Gasteiger partial charge is 0.508 e. The highest BCUT2D eigenvalue weighted by Crippen LogP contribution is 2.36. The molecular weight excluding hydrogens is 214 g/mol.